The molecule has 5 nitrogen and oxygen atoms in total. The largest absolute Gasteiger partial charge is 0.394 e. The maximum Gasteiger partial charge on any atom is 0.148 e. The van der Waals surface area contributed by atoms with E-state index in [9.17, 15) is 5.11 Å². The van der Waals surface area contributed by atoms with Gasteiger partial charge in [0, 0.05) is 7.05 Å². The van der Waals surface area contributed by atoms with Crippen LogP contribution < -0.4 is 11.1 Å². The van der Waals surface area contributed by atoms with Gasteiger partial charge in [-0.3, -0.25) is 4.68 Å². The van der Waals surface area contributed by atoms with E-state index in [0.29, 0.717) is 11.6 Å². The fraction of sp³-hybridized carbons (Fsp3) is 0.800. The van der Waals surface area contributed by atoms with Crippen molar-refractivity contribution in [2.24, 2.45) is 13.0 Å². The number of aryl methyl sites for hydroxylation is 1. The minimum atomic E-state index is -0.247. The van der Waals surface area contributed by atoms with E-state index in [4.69, 9.17) is 5.73 Å². The van der Waals surface area contributed by atoms with E-state index in [1.54, 1.807) is 4.68 Å². The number of nitrogens with zero attached hydrogens (tertiary/aromatic N) is 2. The third kappa shape index (κ3) is 2.77. The number of nitrogens with two attached hydrogens (primary N) is 1. The normalized spacial score (nSPS) is 27.0. The molecule has 4 N–H and O–H groups in total. The van der Waals surface area contributed by atoms with Crippen LogP contribution in [0, 0.1) is 5.92 Å². The van der Waals surface area contributed by atoms with E-state index < -0.39 is 0 Å². The molecule has 0 radical (unpaired) electrons. The van der Waals surface area contributed by atoms with Gasteiger partial charge in [0.25, 0.3) is 0 Å². The molecule has 2 rings (SSSR count). The van der Waals surface area contributed by atoms with Crippen LogP contribution >= 0.6 is 0 Å². The first kappa shape index (κ1) is 15.2. The first-order valence-electron chi connectivity index (χ1n) is 7.60. The Hall–Kier alpha value is -1.23. The number of nitrogens with one attached hydrogen (secondary N) is 1. The summed E-state index contributed by atoms with van der Waals surface area (Å²) in [6.07, 6.45) is 4.24. The molecular weight excluding hydrogens is 252 g/mol. The van der Waals surface area contributed by atoms with Gasteiger partial charge < -0.3 is 16.2 Å². The van der Waals surface area contributed by atoms with Crippen molar-refractivity contribution in [1.82, 2.24) is 9.78 Å². The van der Waals surface area contributed by atoms with Gasteiger partial charge in [0.05, 0.1) is 23.5 Å². The molecule has 0 bridgehead atoms. The van der Waals surface area contributed by atoms with Gasteiger partial charge in [0.1, 0.15) is 5.82 Å². The molecule has 20 heavy (non-hydrogen) atoms. The topological polar surface area (TPSA) is 76.1 Å². The molecule has 1 aliphatic carbocycles. The van der Waals surface area contributed by atoms with Crippen molar-refractivity contribution in [3.05, 3.63) is 5.69 Å². The highest BCUT2D eigenvalue weighted by Gasteiger charge is 2.35. The third-order valence-electron chi connectivity index (χ3n) is 4.58. The zero-order chi connectivity index (χ0) is 14.9. The third-order valence-corrected chi connectivity index (χ3v) is 4.58. The zero-order valence-corrected chi connectivity index (χ0v) is 13.1. The Kier molecular flexibility index (Phi) is 4.28. The van der Waals surface area contributed by atoms with Crippen LogP contribution in [-0.2, 0) is 7.05 Å². The molecule has 114 valence electrons. The minimum absolute atomic E-state index is 0.140. The molecular formula is C15H28N4O. The summed E-state index contributed by atoms with van der Waals surface area (Å²) < 4.78 is 1.81. The lowest BCUT2D eigenvalue weighted by Crippen LogP contribution is -2.45. The monoisotopic (exact) mass is 280 g/mol. The number of hydrogen-bond donors (Lipinski definition) is 3. The lowest BCUT2D eigenvalue weighted by Gasteiger charge is -2.39. The lowest BCUT2D eigenvalue weighted by molar-refractivity contribution is 0.154. The summed E-state index contributed by atoms with van der Waals surface area (Å²) in [5.74, 6) is 1.89. The van der Waals surface area contributed by atoms with E-state index in [1.807, 2.05) is 7.05 Å². The molecule has 0 amide bonds. The second-order valence-electron chi connectivity index (χ2n) is 6.67. The summed E-state index contributed by atoms with van der Waals surface area (Å²) in [6.45, 7) is 6.59. The molecule has 1 saturated carbocycles. The second-order valence-corrected chi connectivity index (χ2v) is 6.67. The highest BCUT2D eigenvalue weighted by atomic mass is 16.3. The molecule has 0 aliphatic heterocycles. The molecule has 1 aromatic heterocycles. The molecule has 0 saturated heterocycles. The van der Waals surface area contributed by atoms with E-state index in [2.05, 4.69) is 31.2 Å². The summed E-state index contributed by atoms with van der Waals surface area (Å²) in [4.78, 5) is 0. The van der Waals surface area contributed by atoms with Gasteiger partial charge in [0.15, 0.2) is 0 Å². The molecule has 1 fully saturated rings. The summed E-state index contributed by atoms with van der Waals surface area (Å²) in [7, 11) is 1.90. The van der Waals surface area contributed by atoms with Crippen molar-refractivity contribution in [3.8, 4) is 0 Å². The fourth-order valence-electron chi connectivity index (χ4n) is 3.02. The molecule has 1 heterocycles. The van der Waals surface area contributed by atoms with Gasteiger partial charge in [-0.15, -0.1) is 0 Å². The van der Waals surface area contributed by atoms with Crippen molar-refractivity contribution in [2.45, 2.75) is 57.9 Å². The number of rotatable bonds is 4. The molecule has 0 atom stereocenters. The summed E-state index contributed by atoms with van der Waals surface area (Å²) >= 11 is 0. The van der Waals surface area contributed by atoms with Gasteiger partial charge in [-0.1, -0.05) is 20.8 Å². The van der Waals surface area contributed by atoms with Crippen molar-refractivity contribution >= 4 is 11.5 Å². The van der Waals surface area contributed by atoms with Crippen molar-refractivity contribution in [1.29, 1.82) is 0 Å². The zero-order valence-electron chi connectivity index (χ0n) is 13.1. The number of aliphatic hydroxyl groups excluding tert-OH is 1. The van der Waals surface area contributed by atoms with Gasteiger partial charge in [0.2, 0.25) is 0 Å². The Balaban J connectivity index is 2.24. The average Bonchev–Trinajstić information content (AvgIpc) is 2.69. The Morgan fingerprint density at radius 1 is 1.45 bits per heavy atom. The van der Waals surface area contributed by atoms with Gasteiger partial charge >= 0.3 is 0 Å². The van der Waals surface area contributed by atoms with E-state index in [-0.39, 0.29) is 12.1 Å². The van der Waals surface area contributed by atoms with Crippen LogP contribution in [0.25, 0.3) is 0 Å². The summed E-state index contributed by atoms with van der Waals surface area (Å²) in [5, 5.41) is 17.9. The lowest BCUT2D eigenvalue weighted by atomic mass is 9.77. The Labute approximate surface area is 121 Å². The standard InChI is InChI=1S/C15H28N4O/c1-10(2)13-12(16)14(19(4)18-13)17-15(9-20)7-5-11(3)6-8-15/h10-11,17,20H,5-9,16H2,1-4H3. The highest BCUT2D eigenvalue weighted by molar-refractivity contribution is 5.66. The van der Waals surface area contributed by atoms with E-state index >= 15 is 0 Å². The Morgan fingerprint density at radius 2 is 2.05 bits per heavy atom. The minimum Gasteiger partial charge on any atom is -0.394 e. The first-order valence-corrected chi connectivity index (χ1v) is 7.60. The number of anilines is 2. The van der Waals surface area contributed by atoms with Crippen LogP contribution in [0.5, 0.6) is 0 Å². The van der Waals surface area contributed by atoms with E-state index in [0.717, 1.165) is 43.1 Å². The van der Waals surface area contributed by atoms with Crippen molar-refractivity contribution < 1.29 is 5.11 Å². The average molecular weight is 280 g/mol. The quantitative estimate of drug-likeness (QED) is 0.792. The van der Waals surface area contributed by atoms with Crippen LogP contribution in [0.3, 0.4) is 0 Å². The Morgan fingerprint density at radius 3 is 2.50 bits per heavy atom. The van der Waals surface area contributed by atoms with Crippen LogP contribution in [0.2, 0.25) is 0 Å². The fourth-order valence-corrected chi connectivity index (χ4v) is 3.02. The maximum atomic E-state index is 9.85. The van der Waals surface area contributed by atoms with Crippen molar-refractivity contribution in [3.63, 3.8) is 0 Å². The highest BCUT2D eigenvalue weighted by Crippen LogP contribution is 2.37. The molecule has 0 unspecified atom stereocenters. The predicted octanol–water partition coefficient (Wildman–Crippen LogP) is 2.48. The Bertz CT molecular complexity index is 459. The second kappa shape index (κ2) is 5.64. The summed E-state index contributed by atoms with van der Waals surface area (Å²) in [6, 6.07) is 0. The van der Waals surface area contributed by atoms with Gasteiger partial charge in [-0.05, 0) is 37.5 Å². The molecule has 1 aliphatic rings. The molecule has 0 spiro atoms. The maximum absolute atomic E-state index is 9.85. The van der Waals surface area contributed by atoms with E-state index in [1.165, 1.54) is 0 Å². The SMILES string of the molecule is CC1CCC(CO)(Nc2c(N)c(C(C)C)nn2C)CC1. The van der Waals surface area contributed by atoms with Crippen LogP contribution in [0.4, 0.5) is 11.5 Å². The van der Waals surface area contributed by atoms with Gasteiger partial charge in [-0.2, -0.15) is 5.10 Å². The molecule has 0 aromatic carbocycles. The number of aromatic nitrogens is 2. The number of hydrogen-bond acceptors (Lipinski definition) is 4. The molecule has 1 aromatic rings. The van der Waals surface area contributed by atoms with Crippen LogP contribution in [0.1, 0.15) is 58.1 Å². The smallest absolute Gasteiger partial charge is 0.148 e. The van der Waals surface area contributed by atoms with Crippen molar-refractivity contribution in [2.75, 3.05) is 17.7 Å². The predicted molar refractivity (Wildman–Crippen MR) is 82.8 cm³/mol. The van der Waals surface area contributed by atoms with Crippen LogP contribution in [0.15, 0.2) is 0 Å². The van der Waals surface area contributed by atoms with Crippen LogP contribution in [-0.4, -0.2) is 27.0 Å². The number of aliphatic hydroxyl groups is 1. The summed E-state index contributed by atoms with van der Waals surface area (Å²) in [5.41, 5.74) is 7.63. The first-order chi connectivity index (χ1) is 9.38. The van der Waals surface area contributed by atoms with Gasteiger partial charge in [-0.25, -0.2) is 0 Å². The molecule has 5 heteroatoms. The number of nitrogen functional groups attached to an aromatic ring is 1.